The molecule has 8 heteroatoms. The fourth-order valence-electron chi connectivity index (χ4n) is 1.73. The van der Waals surface area contributed by atoms with Crippen LogP contribution < -0.4 is 4.74 Å². The van der Waals surface area contributed by atoms with E-state index in [1.807, 2.05) is 0 Å². The van der Waals surface area contributed by atoms with Gasteiger partial charge in [0.05, 0.1) is 12.7 Å². The van der Waals surface area contributed by atoms with Crippen molar-refractivity contribution >= 4 is 18.0 Å². The number of methoxy groups -OCH3 is 1. The van der Waals surface area contributed by atoms with Crippen molar-refractivity contribution in [1.82, 2.24) is 4.90 Å². The van der Waals surface area contributed by atoms with Crippen LogP contribution in [0.1, 0.15) is 31.1 Å². The monoisotopic (exact) mass is 339 g/mol. The molecule has 0 spiro atoms. The molecule has 0 aliphatic rings. The largest absolute Gasteiger partial charge is 0.497 e. The lowest BCUT2D eigenvalue weighted by atomic mass is 10.1. The van der Waals surface area contributed by atoms with Gasteiger partial charge in [0, 0.05) is 5.54 Å². The molecule has 0 saturated carbocycles. The van der Waals surface area contributed by atoms with E-state index in [4.69, 9.17) is 19.3 Å². The van der Waals surface area contributed by atoms with Crippen molar-refractivity contribution in [3.63, 3.8) is 0 Å². The number of carboxylic acids is 1. The summed E-state index contributed by atoms with van der Waals surface area (Å²) in [5.41, 5.74) is -0.486. The van der Waals surface area contributed by atoms with Crippen molar-refractivity contribution in [2.75, 3.05) is 20.4 Å². The van der Waals surface area contributed by atoms with Gasteiger partial charge in [0.15, 0.2) is 0 Å². The molecule has 0 radical (unpaired) electrons. The van der Waals surface area contributed by atoms with Gasteiger partial charge in [-0.2, -0.15) is 0 Å². The number of nitrogens with zero attached hydrogens (tertiary/aromatic N) is 1. The average molecular weight is 339 g/mol. The Kier molecular flexibility index (Phi) is 6.58. The van der Waals surface area contributed by atoms with Crippen LogP contribution >= 0.6 is 0 Å². The molecule has 0 atom stereocenters. The van der Waals surface area contributed by atoms with Gasteiger partial charge in [-0.15, -0.1) is 0 Å². The third-order valence-corrected chi connectivity index (χ3v) is 3.02. The minimum Gasteiger partial charge on any atom is -0.497 e. The zero-order chi connectivity index (χ0) is 18.3. The zero-order valence-electron chi connectivity index (χ0n) is 14.1. The topological polar surface area (TPSA) is 102 Å². The highest BCUT2D eigenvalue weighted by Crippen LogP contribution is 2.15. The van der Waals surface area contributed by atoms with E-state index in [0.29, 0.717) is 5.75 Å². The van der Waals surface area contributed by atoms with Crippen molar-refractivity contribution in [2.45, 2.75) is 26.3 Å². The molecule has 1 aromatic carbocycles. The summed E-state index contributed by atoms with van der Waals surface area (Å²) in [6, 6.07) is 6.21. The molecule has 0 bridgehead atoms. The molecule has 0 fully saturated rings. The number of amides is 1. The predicted octanol–water partition coefficient (Wildman–Crippen LogP) is 2.13. The van der Waals surface area contributed by atoms with Crippen LogP contribution in [-0.4, -0.2) is 54.0 Å². The van der Waals surface area contributed by atoms with Crippen LogP contribution in [0, 0.1) is 0 Å². The zero-order valence-corrected chi connectivity index (χ0v) is 14.1. The Morgan fingerprint density at radius 1 is 1.08 bits per heavy atom. The number of hydrogen-bond acceptors (Lipinski definition) is 6. The van der Waals surface area contributed by atoms with Crippen LogP contribution in [0.25, 0.3) is 0 Å². The molecule has 1 amide bonds. The summed E-state index contributed by atoms with van der Waals surface area (Å²) >= 11 is 0. The van der Waals surface area contributed by atoms with Gasteiger partial charge in [-0.3, -0.25) is 9.69 Å². The second kappa shape index (κ2) is 8.19. The first-order chi connectivity index (χ1) is 11.1. The summed E-state index contributed by atoms with van der Waals surface area (Å²) in [6.07, 6.45) is -0.882. The molecule has 0 unspecified atom stereocenters. The molecule has 0 aliphatic carbocycles. The van der Waals surface area contributed by atoms with Gasteiger partial charge in [0.2, 0.25) is 6.79 Å². The Morgan fingerprint density at radius 2 is 1.67 bits per heavy atom. The summed E-state index contributed by atoms with van der Waals surface area (Å²) in [5, 5.41) is 8.86. The number of aliphatic carboxylic acids is 1. The minimum atomic E-state index is -1.17. The molecule has 0 aliphatic heterocycles. The number of carbonyl (C=O) groups excluding carboxylic acids is 2. The Hall–Kier alpha value is -2.77. The molecule has 1 N–H and O–H groups in total. The van der Waals surface area contributed by atoms with Crippen molar-refractivity contribution < 1.29 is 33.7 Å². The van der Waals surface area contributed by atoms with Gasteiger partial charge in [-0.05, 0) is 45.0 Å². The summed E-state index contributed by atoms with van der Waals surface area (Å²) in [7, 11) is 1.50. The summed E-state index contributed by atoms with van der Waals surface area (Å²) in [6.45, 7) is 3.87. The molecule has 0 aromatic heterocycles. The number of ether oxygens (including phenoxy) is 3. The fraction of sp³-hybridized carbons (Fsp3) is 0.438. The highest BCUT2D eigenvalue weighted by molar-refractivity contribution is 5.89. The average Bonchev–Trinajstić information content (AvgIpc) is 2.51. The SMILES string of the molecule is COc1ccc(C(=O)OCOC(=O)N(CC(=O)O)C(C)(C)C)cc1. The van der Waals surface area contributed by atoms with E-state index in [1.165, 1.54) is 19.2 Å². The highest BCUT2D eigenvalue weighted by Gasteiger charge is 2.29. The molecule has 0 heterocycles. The quantitative estimate of drug-likeness (QED) is 0.625. The number of hydrogen-bond donors (Lipinski definition) is 1. The number of esters is 1. The number of carboxylic acid groups (broad SMARTS) is 1. The van der Waals surface area contributed by atoms with Gasteiger partial charge >= 0.3 is 18.0 Å². The Balaban J connectivity index is 2.56. The minimum absolute atomic E-state index is 0.269. The third-order valence-electron chi connectivity index (χ3n) is 3.02. The van der Waals surface area contributed by atoms with Gasteiger partial charge in [0.25, 0.3) is 0 Å². The molecule has 24 heavy (non-hydrogen) atoms. The van der Waals surface area contributed by atoms with E-state index in [-0.39, 0.29) is 5.56 Å². The number of benzene rings is 1. The molecule has 132 valence electrons. The molecular weight excluding hydrogens is 318 g/mol. The Morgan fingerprint density at radius 3 is 2.12 bits per heavy atom. The summed E-state index contributed by atoms with van der Waals surface area (Å²) in [5.74, 6) is -1.25. The van der Waals surface area contributed by atoms with Crippen molar-refractivity contribution in [1.29, 1.82) is 0 Å². The van der Waals surface area contributed by atoms with Crippen LogP contribution in [-0.2, 0) is 14.3 Å². The van der Waals surface area contributed by atoms with Crippen LogP contribution in [0.2, 0.25) is 0 Å². The van der Waals surface area contributed by atoms with Gasteiger partial charge in [-0.1, -0.05) is 0 Å². The first kappa shape index (κ1) is 19.3. The van der Waals surface area contributed by atoms with Crippen molar-refractivity contribution in [2.24, 2.45) is 0 Å². The first-order valence-corrected chi connectivity index (χ1v) is 7.12. The molecule has 1 rings (SSSR count). The maximum atomic E-state index is 12.0. The molecule has 8 nitrogen and oxygen atoms in total. The fourth-order valence-corrected chi connectivity index (χ4v) is 1.73. The van der Waals surface area contributed by atoms with Gasteiger partial charge in [-0.25, -0.2) is 9.59 Å². The van der Waals surface area contributed by atoms with Gasteiger partial charge < -0.3 is 19.3 Å². The first-order valence-electron chi connectivity index (χ1n) is 7.12. The lowest BCUT2D eigenvalue weighted by Crippen LogP contribution is -2.48. The Bertz CT molecular complexity index is 589. The molecule has 1 aromatic rings. The predicted molar refractivity (Wildman–Crippen MR) is 83.9 cm³/mol. The second-order valence-corrected chi connectivity index (χ2v) is 5.84. The van der Waals surface area contributed by atoms with Crippen LogP contribution in [0.15, 0.2) is 24.3 Å². The number of carbonyl (C=O) groups is 3. The van der Waals surface area contributed by atoms with E-state index >= 15 is 0 Å². The summed E-state index contributed by atoms with van der Waals surface area (Å²) < 4.78 is 14.6. The van der Waals surface area contributed by atoms with Crippen molar-refractivity contribution in [3.8, 4) is 5.75 Å². The van der Waals surface area contributed by atoms with Crippen LogP contribution in [0.5, 0.6) is 5.75 Å². The maximum absolute atomic E-state index is 12.0. The summed E-state index contributed by atoms with van der Waals surface area (Å²) in [4.78, 5) is 35.6. The van der Waals surface area contributed by atoms with E-state index in [1.54, 1.807) is 32.9 Å². The lowest BCUT2D eigenvalue weighted by Gasteiger charge is -2.33. The standard InChI is InChI=1S/C16H21NO7/c1-16(2,3)17(9-13(18)19)15(21)24-10-23-14(20)11-5-7-12(22-4)8-6-11/h5-8H,9-10H2,1-4H3,(H,18,19). The Labute approximate surface area is 139 Å². The smallest absolute Gasteiger partial charge is 0.413 e. The lowest BCUT2D eigenvalue weighted by molar-refractivity contribution is -0.139. The maximum Gasteiger partial charge on any atom is 0.413 e. The van der Waals surface area contributed by atoms with E-state index in [9.17, 15) is 14.4 Å². The van der Waals surface area contributed by atoms with Crippen LogP contribution in [0.3, 0.4) is 0 Å². The van der Waals surface area contributed by atoms with E-state index < -0.39 is 36.9 Å². The normalized spacial score (nSPS) is 10.7. The molecule has 0 saturated heterocycles. The second-order valence-electron chi connectivity index (χ2n) is 5.84. The van der Waals surface area contributed by atoms with E-state index in [0.717, 1.165) is 4.90 Å². The third kappa shape index (κ3) is 5.79. The van der Waals surface area contributed by atoms with Crippen molar-refractivity contribution in [3.05, 3.63) is 29.8 Å². The molecular formula is C16H21NO7. The van der Waals surface area contributed by atoms with Gasteiger partial charge in [0.1, 0.15) is 12.3 Å². The van der Waals surface area contributed by atoms with Crippen LogP contribution in [0.4, 0.5) is 4.79 Å². The van der Waals surface area contributed by atoms with E-state index in [2.05, 4.69) is 0 Å². The number of rotatable bonds is 6. The highest BCUT2D eigenvalue weighted by atomic mass is 16.7.